The van der Waals surface area contributed by atoms with Gasteiger partial charge in [0.25, 0.3) is 5.91 Å². The molecular weight excluding hydrogens is 216 g/mol. The van der Waals surface area contributed by atoms with E-state index >= 15 is 0 Å². The van der Waals surface area contributed by atoms with Crippen LogP contribution in [0.25, 0.3) is 0 Å². The van der Waals surface area contributed by atoms with Crippen molar-refractivity contribution in [1.82, 2.24) is 5.32 Å². The molecule has 0 aromatic carbocycles. The molecule has 0 spiro atoms. The Morgan fingerprint density at radius 3 is 2.87 bits per heavy atom. The normalized spacial score (nSPS) is 12.1. The van der Waals surface area contributed by atoms with Crippen molar-refractivity contribution in [1.29, 1.82) is 0 Å². The number of amides is 2. The van der Waals surface area contributed by atoms with Gasteiger partial charge in [0.2, 0.25) is 5.91 Å². The summed E-state index contributed by atoms with van der Waals surface area (Å²) in [5, 5.41) is 2.30. The summed E-state index contributed by atoms with van der Waals surface area (Å²) in [5.41, 5.74) is 4.98. The summed E-state index contributed by atoms with van der Waals surface area (Å²) in [6, 6.07) is 3.17. The average molecular weight is 228 g/mol. The lowest BCUT2D eigenvalue weighted by Crippen LogP contribution is -2.31. The molecule has 6 heteroatoms. The number of carbonyl (C=O) groups is 2. The molecule has 0 radical (unpaired) electrons. The van der Waals surface area contributed by atoms with Crippen molar-refractivity contribution < 1.29 is 14.0 Å². The highest BCUT2D eigenvalue weighted by Crippen LogP contribution is 2.02. The Morgan fingerprint density at radius 2 is 2.33 bits per heavy atom. The zero-order valence-corrected chi connectivity index (χ0v) is 8.87. The first-order valence-corrected chi connectivity index (χ1v) is 4.89. The van der Waals surface area contributed by atoms with Crippen molar-refractivity contribution in [2.24, 2.45) is 5.73 Å². The van der Waals surface area contributed by atoms with Gasteiger partial charge < -0.3 is 15.5 Å². The van der Waals surface area contributed by atoms with E-state index in [1.54, 1.807) is 12.1 Å². The van der Waals surface area contributed by atoms with Gasteiger partial charge >= 0.3 is 0 Å². The third-order valence-corrected chi connectivity index (χ3v) is 2.05. The molecule has 1 unspecified atom stereocenters. The third kappa shape index (κ3) is 4.07. The van der Waals surface area contributed by atoms with Crippen LogP contribution in [0.1, 0.15) is 17.0 Å². The summed E-state index contributed by atoms with van der Waals surface area (Å²) < 4.78 is 4.88. The van der Waals surface area contributed by atoms with Crippen LogP contribution in [0.15, 0.2) is 22.8 Å². The molecule has 15 heavy (non-hydrogen) atoms. The van der Waals surface area contributed by atoms with Crippen LogP contribution in [-0.4, -0.2) is 23.6 Å². The Bertz CT molecular complexity index is 337. The first kappa shape index (κ1) is 11.6. The summed E-state index contributed by atoms with van der Waals surface area (Å²) in [7, 11) is 0. The number of rotatable bonds is 5. The highest BCUT2D eigenvalue weighted by atomic mass is 32.1. The second-order valence-corrected chi connectivity index (χ2v) is 3.74. The second-order valence-electron chi connectivity index (χ2n) is 3.01. The van der Waals surface area contributed by atoms with Crippen LogP contribution in [0.4, 0.5) is 0 Å². The minimum absolute atomic E-state index is 0.127. The summed E-state index contributed by atoms with van der Waals surface area (Å²) in [4.78, 5) is 21.9. The van der Waals surface area contributed by atoms with Gasteiger partial charge in [-0.15, -0.1) is 0 Å². The van der Waals surface area contributed by atoms with Crippen molar-refractivity contribution in [3.05, 3.63) is 24.2 Å². The van der Waals surface area contributed by atoms with E-state index in [0.29, 0.717) is 0 Å². The van der Waals surface area contributed by atoms with E-state index in [1.165, 1.54) is 6.26 Å². The van der Waals surface area contributed by atoms with Gasteiger partial charge in [0.05, 0.1) is 6.26 Å². The third-order valence-electron chi connectivity index (χ3n) is 1.68. The van der Waals surface area contributed by atoms with Gasteiger partial charge in [-0.25, -0.2) is 0 Å². The molecule has 82 valence electrons. The zero-order valence-electron chi connectivity index (χ0n) is 7.97. The molecule has 0 fully saturated rings. The SMILES string of the molecule is NC(=O)CC(S)CNC(=O)c1ccco1. The Kier molecular flexibility index (Phi) is 4.23. The molecule has 5 nitrogen and oxygen atoms in total. The number of hydrogen-bond donors (Lipinski definition) is 3. The van der Waals surface area contributed by atoms with Gasteiger partial charge in [0.1, 0.15) is 0 Å². The fraction of sp³-hybridized carbons (Fsp3) is 0.333. The minimum atomic E-state index is -0.442. The maximum Gasteiger partial charge on any atom is 0.287 e. The molecule has 3 N–H and O–H groups in total. The topological polar surface area (TPSA) is 85.3 Å². The van der Waals surface area contributed by atoms with Crippen molar-refractivity contribution in [3.8, 4) is 0 Å². The highest BCUT2D eigenvalue weighted by molar-refractivity contribution is 7.81. The number of nitrogens with two attached hydrogens (primary N) is 1. The molecule has 2 amide bonds. The van der Waals surface area contributed by atoms with Crippen LogP contribution in [-0.2, 0) is 4.79 Å². The molecular formula is C9H12N2O3S. The van der Waals surface area contributed by atoms with Crippen molar-refractivity contribution in [3.63, 3.8) is 0 Å². The number of thiol groups is 1. The van der Waals surface area contributed by atoms with E-state index in [9.17, 15) is 9.59 Å². The molecule has 0 aliphatic heterocycles. The molecule has 0 saturated heterocycles. The second kappa shape index (κ2) is 5.45. The minimum Gasteiger partial charge on any atom is -0.459 e. The predicted octanol–water partition coefficient (Wildman–Crippen LogP) is 0.183. The Balaban J connectivity index is 2.31. The van der Waals surface area contributed by atoms with Crippen molar-refractivity contribution in [2.45, 2.75) is 11.7 Å². The first-order valence-electron chi connectivity index (χ1n) is 4.37. The van der Waals surface area contributed by atoms with Crippen LogP contribution in [0, 0.1) is 0 Å². The van der Waals surface area contributed by atoms with Crippen molar-refractivity contribution >= 4 is 24.4 Å². The predicted molar refractivity (Wildman–Crippen MR) is 57.6 cm³/mol. The Labute approximate surface area is 92.4 Å². The van der Waals surface area contributed by atoms with E-state index in [-0.39, 0.29) is 29.9 Å². The number of hydrogen-bond acceptors (Lipinski definition) is 4. The van der Waals surface area contributed by atoms with E-state index in [1.807, 2.05) is 0 Å². The molecule has 0 aliphatic carbocycles. The van der Waals surface area contributed by atoms with Gasteiger partial charge in [-0.2, -0.15) is 12.6 Å². The van der Waals surface area contributed by atoms with Crippen molar-refractivity contribution in [2.75, 3.05) is 6.54 Å². The quantitative estimate of drug-likeness (QED) is 0.628. The van der Waals surface area contributed by atoms with Crippen LogP contribution in [0.2, 0.25) is 0 Å². The number of furan rings is 1. The van der Waals surface area contributed by atoms with Crippen LogP contribution < -0.4 is 11.1 Å². The maximum absolute atomic E-state index is 11.3. The molecule has 1 aromatic heterocycles. The number of carbonyl (C=O) groups excluding carboxylic acids is 2. The monoisotopic (exact) mass is 228 g/mol. The van der Waals surface area contributed by atoms with Crippen LogP contribution in [0.5, 0.6) is 0 Å². The zero-order chi connectivity index (χ0) is 11.3. The smallest absolute Gasteiger partial charge is 0.287 e. The average Bonchev–Trinajstić information content (AvgIpc) is 2.65. The standard InChI is InChI=1S/C9H12N2O3S/c10-8(12)4-6(15)5-11-9(13)7-2-1-3-14-7/h1-3,6,15H,4-5H2,(H2,10,12)(H,11,13). The van der Waals surface area contributed by atoms with Crippen LogP contribution in [0.3, 0.4) is 0 Å². The summed E-state index contributed by atoms with van der Waals surface area (Å²) in [5.74, 6) is -0.541. The lowest BCUT2D eigenvalue weighted by molar-refractivity contribution is -0.117. The van der Waals surface area contributed by atoms with Gasteiger partial charge in [-0.3, -0.25) is 9.59 Å². The van der Waals surface area contributed by atoms with E-state index in [0.717, 1.165) is 0 Å². The summed E-state index contributed by atoms with van der Waals surface area (Å²) in [6.07, 6.45) is 1.54. The molecule has 0 bridgehead atoms. The lowest BCUT2D eigenvalue weighted by atomic mass is 10.3. The molecule has 1 heterocycles. The van der Waals surface area contributed by atoms with E-state index in [2.05, 4.69) is 17.9 Å². The summed E-state index contributed by atoms with van der Waals surface area (Å²) in [6.45, 7) is 0.269. The lowest BCUT2D eigenvalue weighted by Gasteiger charge is -2.08. The van der Waals surface area contributed by atoms with Gasteiger partial charge in [-0.1, -0.05) is 0 Å². The van der Waals surface area contributed by atoms with E-state index < -0.39 is 5.91 Å². The van der Waals surface area contributed by atoms with Gasteiger partial charge in [-0.05, 0) is 12.1 Å². The number of nitrogens with one attached hydrogen (secondary N) is 1. The van der Waals surface area contributed by atoms with Gasteiger partial charge in [0, 0.05) is 18.2 Å². The first-order chi connectivity index (χ1) is 7.09. The fourth-order valence-electron chi connectivity index (χ4n) is 1.01. The Morgan fingerprint density at radius 1 is 1.60 bits per heavy atom. The largest absolute Gasteiger partial charge is 0.459 e. The molecule has 0 saturated carbocycles. The molecule has 0 aliphatic rings. The van der Waals surface area contributed by atoms with Crippen LogP contribution >= 0.6 is 12.6 Å². The maximum atomic E-state index is 11.3. The van der Waals surface area contributed by atoms with E-state index in [4.69, 9.17) is 10.2 Å². The highest BCUT2D eigenvalue weighted by Gasteiger charge is 2.11. The van der Waals surface area contributed by atoms with Gasteiger partial charge in [0.15, 0.2) is 5.76 Å². The molecule has 1 rings (SSSR count). The fourth-order valence-corrected chi connectivity index (χ4v) is 1.28. The number of primary amides is 1. The molecule has 1 aromatic rings. The summed E-state index contributed by atoms with van der Waals surface area (Å²) >= 11 is 4.10. The molecule has 1 atom stereocenters. The Hall–Kier alpha value is -1.43.